The fraction of sp³-hybridized carbons (Fsp3) is 0.154. The normalized spacial score (nSPS) is 11.7. The van der Waals surface area contributed by atoms with E-state index in [-0.39, 0.29) is 0 Å². The summed E-state index contributed by atoms with van der Waals surface area (Å²) in [6.45, 7) is 4.01. The first kappa shape index (κ1) is 12.0. The Labute approximate surface area is 124 Å². The Bertz CT molecular complexity index is 919. The Balaban J connectivity index is 1.93. The van der Waals surface area contributed by atoms with Gasteiger partial charge < -0.3 is 0 Å². The van der Waals surface area contributed by atoms with Crippen molar-refractivity contribution in [1.82, 2.24) is 19.6 Å². The van der Waals surface area contributed by atoms with E-state index in [0.29, 0.717) is 0 Å². The summed E-state index contributed by atoms with van der Waals surface area (Å²) in [6.07, 6.45) is 1.93. The summed E-state index contributed by atoms with van der Waals surface area (Å²) in [6, 6.07) is 4.00. The predicted octanol–water partition coefficient (Wildman–Crippen LogP) is 2.48. The minimum atomic E-state index is 0.801. The van der Waals surface area contributed by atoms with E-state index >= 15 is 0 Å². The molecule has 0 spiro atoms. The van der Waals surface area contributed by atoms with Gasteiger partial charge in [-0.05, 0) is 36.3 Å². The molecule has 4 heterocycles. The van der Waals surface area contributed by atoms with Crippen molar-refractivity contribution in [2.24, 2.45) is 0 Å². The van der Waals surface area contributed by atoms with E-state index in [4.69, 9.17) is 7.85 Å². The van der Waals surface area contributed by atoms with Crippen LogP contribution in [0, 0.1) is 13.8 Å². The third kappa shape index (κ3) is 1.77. The van der Waals surface area contributed by atoms with E-state index in [1.807, 2.05) is 36.7 Å². The fourth-order valence-electron chi connectivity index (χ4n) is 2.21. The lowest BCUT2D eigenvalue weighted by Crippen LogP contribution is -1.96. The van der Waals surface area contributed by atoms with Crippen LogP contribution in [0.3, 0.4) is 0 Å². The Kier molecular flexibility index (Phi) is 2.49. The van der Waals surface area contributed by atoms with Crippen LogP contribution < -0.4 is 4.78 Å². The van der Waals surface area contributed by atoms with Crippen LogP contribution in [0.5, 0.6) is 0 Å². The second-order valence-electron chi connectivity index (χ2n) is 4.70. The lowest BCUT2D eigenvalue weighted by molar-refractivity contribution is 0.932. The summed E-state index contributed by atoms with van der Waals surface area (Å²) in [5, 5.41) is 5.52. The number of imidazole rings is 1. The summed E-state index contributed by atoms with van der Waals surface area (Å²) >= 11 is 3.13. The number of thiazole rings is 1. The zero-order valence-corrected chi connectivity index (χ0v) is 12.5. The summed E-state index contributed by atoms with van der Waals surface area (Å²) < 4.78 is 3.74. The van der Waals surface area contributed by atoms with Crippen LogP contribution in [0.4, 0.5) is 0 Å². The minimum Gasteiger partial charge on any atom is -0.232 e. The highest BCUT2D eigenvalue weighted by Gasteiger charge is 2.12. The molecule has 0 aliphatic carbocycles. The van der Waals surface area contributed by atoms with Gasteiger partial charge in [0.25, 0.3) is 0 Å². The van der Waals surface area contributed by atoms with Gasteiger partial charge in [-0.1, -0.05) is 0 Å². The lowest BCUT2D eigenvalue weighted by Gasteiger charge is -2.00. The average Bonchev–Trinajstić information content (AvgIpc) is 3.00. The van der Waals surface area contributed by atoms with Crippen molar-refractivity contribution in [2.45, 2.75) is 13.8 Å². The van der Waals surface area contributed by atoms with Gasteiger partial charge in [-0.25, -0.2) is 14.5 Å². The first-order chi connectivity index (χ1) is 9.60. The molecule has 4 nitrogen and oxygen atoms in total. The number of aryl methyl sites for hydroxylation is 2. The molecule has 20 heavy (non-hydrogen) atoms. The van der Waals surface area contributed by atoms with Gasteiger partial charge in [0.05, 0.1) is 16.6 Å². The van der Waals surface area contributed by atoms with Gasteiger partial charge in [0.1, 0.15) is 23.4 Å². The molecule has 2 radical (unpaired) electrons. The van der Waals surface area contributed by atoms with Crippen molar-refractivity contribution in [3.8, 4) is 10.7 Å². The van der Waals surface area contributed by atoms with Gasteiger partial charge in [0, 0.05) is 0 Å². The van der Waals surface area contributed by atoms with Crippen LogP contribution in [0.1, 0.15) is 11.3 Å². The number of rotatable bonds is 1. The first-order valence-electron chi connectivity index (χ1n) is 6.10. The molecule has 0 aromatic carbocycles. The number of thiophene rings is 1. The van der Waals surface area contributed by atoms with Crippen molar-refractivity contribution < 1.29 is 0 Å². The molecule has 0 aliphatic heterocycles. The molecule has 0 saturated carbocycles. The highest BCUT2D eigenvalue weighted by atomic mass is 32.1. The Morgan fingerprint density at radius 3 is 2.80 bits per heavy atom. The molecule has 0 fully saturated rings. The minimum absolute atomic E-state index is 0.801. The molecule has 0 N–H and O–H groups in total. The molecule has 4 aromatic heterocycles. The quantitative estimate of drug-likeness (QED) is 0.507. The predicted molar refractivity (Wildman–Crippen MR) is 84.3 cm³/mol. The molecule has 0 unspecified atom stereocenters. The van der Waals surface area contributed by atoms with Crippen LogP contribution >= 0.6 is 22.7 Å². The topological polar surface area (TPSA) is 43.1 Å². The van der Waals surface area contributed by atoms with Gasteiger partial charge in [-0.3, -0.25) is 0 Å². The third-order valence-corrected chi connectivity index (χ3v) is 5.07. The second-order valence-corrected chi connectivity index (χ2v) is 6.79. The molecule has 7 heteroatoms. The molecule has 0 atom stereocenters. The van der Waals surface area contributed by atoms with Crippen molar-refractivity contribution in [3.05, 3.63) is 29.6 Å². The van der Waals surface area contributed by atoms with Gasteiger partial charge in [0.2, 0.25) is 0 Å². The number of aromatic nitrogens is 4. The SMILES string of the molecule is [B]c1cc2sc(-c3cc(C)c4nc(C)cn4n3)nc2s1. The van der Waals surface area contributed by atoms with Gasteiger partial charge >= 0.3 is 0 Å². The average molecular weight is 296 g/mol. The molecular formula is C13H9BN4S2. The zero-order valence-electron chi connectivity index (χ0n) is 10.9. The number of fused-ring (bicyclic) bond motifs is 2. The number of hydrogen-bond donors (Lipinski definition) is 0. The Morgan fingerprint density at radius 2 is 2.00 bits per heavy atom. The van der Waals surface area contributed by atoms with Crippen LogP contribution in [-0.4, -0.2) is 27.4 Å². The zero-order chi connectivity index (χ0) is 13.9. The number of hydrogen-bond acceptors (Lipinski definition) is 5. The maximum atomic E-state index is 5.78. The molecule has 0 amide bonds. The fourth-order valence-corrected chi connectivity index (χ4v) is 4.16. The summed E-state index contributed by atoms with van der Waals surface area (Å²) in [5.74, 6) is 0. The van der Waals surface area contributed by atoms with E-state index in [2.05, 4.69) is 15.1 Å². The molecule has 4 rings (SSSR count). The van der Waals surface area contributed by atoms with Crippen LogP contribution in [-0.2, 0) is 0 Å². The van der Waals surface area contributed by atoms with Crippen LogP contribution in [0.25, 0.3) is 25.9 Å². The highest BCUT2D eigenvalue weighted by Crippen LogP contribution is 2.31. The molecule has 0 aliphatic rings. The van der Waals surface area contributed by atoms with E-state index < -0.39 is 0 Å². The first-order valence-corrected chi connectivity index (χ1v) is 7.73. The molecule has 96 valence electrons. The smallest absolute Gasteiger partial charge is 0.156 e. The molecule has 0 saturated heterocycles. The summed E-state index contributed by atoms with van der Waals surface area (Å²) in [4.78, 5) is 10.1. The van der Waals surface area contributed by atoms with Crippen molar-refractivity contribution >= 4 is 50.5 Å². The second kappa shape index (κ2) is 4.13. The highest BCUT2D eigenvalue weighted by molar-refractivity contribution is 7.32. The van der Waals surface area contributed by atoms with Crippen molar-refractivity contribution in [3.63, 3.8) is 0 Å². The Hall–Kier alpha value is -1.73. The van der Waals surface area contributed by atoms with E-state index in [1.54, 1.807) is 11.3 Å². The molecule has 4 aromatic rings. The largest absolute Gasteiger partial charge is 0.232 e. The summed E-state index contributed by atoms with van der Waals surface area (Å²) in [5.41, 5.74) is 3.83. The van der Waals surface area contributed by atoms with Gasteiger partial charge in [-0.2, -0.15) is 5.10 Å². The maximum absolute atomic E-state index is 5.78. The third-order valence-electron chi connectivity index (χ3n) is 3.06. The standard InChI is InChI=1S/C13H9BN4S2/c1-6-3-8(17-18-5-7(2)15-11(6)18)12-16-13-9(19-12)4-10(14)20-13/h3-5H,1-2H3. The Morgan fingerprint density at radius 1 is 1.15 bits per heavy atom. The van der Waals surface area contributed by atoms with Crippen LogP contribution in [0.15, 0.2) is 18.3 Å². The lowest BCUT2D eigenvalue weighted by atomic mass is 10.1. The van der Waals surface area contributed by atoms with E-state index in [0.717, 1.165) is 41.9 Å². The van der Waals surface area contributed by atoms with Crippen molar-refractivity contribution in [2.75, 3.05) is 0 Å². The van der Waals surface area contributed by atoms with Gasteiger partial charge in [0.15, 0.2) is 5.65 Å². The molecular weight excluding hydrogens is 287 g/mol. The van der Waals surface area contributed by atoms with Gasteiger partial charge in [-0.15, -0.1) is 22.7 Å². The van der Waals surface area contributed by atoms with E-state index in [9.17, 15) is 0 Å². The summed E-state index contributed by atoms with van der Waals surface area (Å²) in [7, 11) is 5.78. The van der Waals surface area contributed by atoms with E-state index in [1.165, 1.54) is 11.3 Å². The van der Waals surface area contributed by atoms with Crippen molar-refractivity contribution in [1.29, 1.82) is 0 Å². The maximum Gasteiger partial charge on any atom is 0.156 e. The van der Waals surface area contributed by atoms with Crippen LogP contribution in [0.2, 0.25) is 0 Å². The molecule has 0 bridgehead atoms. The monoisotopic (exact) mass is 296 g/mol. The number of nitrogens with zero attached hydrogens (tertiary/aromatic N) is 4.